The summed E-state index contributed by atoms with van der Waals surface area (Å²) in [6, 6.07) is 12.0. The molecule has 7 heteroatoms. The minimum atomic E-state index is -0.592. The maximum atomic E-state index is 11.9. The van der Waals surface area contributed by atoms with Crippen LogP contribution in [0.1, 0.15) is 15.9 Å². The highest BCUT2D eigenvalue weighted by molar-refractivity contribution is 5.92. The second-order valence-corrected chi connectivity index (χ2v) is 4.64. The van der Waals surface area contributed by atoms with Crippen molar-refractivity contribution in [3.05, 3.63) is 70.3 Å². The molecule has 0 spiro atoms. The molecule has 2 aromatic heterocycles. The fourth-order valence-corrected chi connectivity index (χ4v) is 2.09. The van der Waals surface area contributed by atoms with Crippen molar-refractivity contribution in [3.63, 3.8) is 0 Å². The second kappa shape index (κ2) is 5.65. The van der Waals surface area contributed by atoms with Gasteiger partial charge in [0.05, 0.1) is 6.54 Å². The van der Waals surface area contributed by atoms with Crippen LogP contribution in [-0.4, -0.2) is 20.6 Å². The Labute approximate surface area is 125 Å². The lowest BCUT2D eigenvalue weighted by Crippen LogP contribution is -2.17. The van der Waals surface area contributed by atoms with Crippen LogP contribution < -0.4 is 11.5 Å². The van der Waals surface area contributed by atoms with Crippen LogP contribution in [-0.2, 0) is 6.54 Å². The number of benzene rings is 1. The molecule has 0 aliphatic heterocycles. The molecule has 110 valence electrons. The van der Waals surface area contributed by atoms with Gasteiger partial charge < -0.3 is 5.73 Å². The van der Waals surface area contributed by atoms with Crippen LogP contribution >= 0.6 is 0 Å². The first-order valence-corrected chi connectivity index (χ1v) is 6.52. The number of hydrogen-bond acceptors (Lipinski definition) is 5. The van der Waals surface area contributed by atoms with Gasteiger partial charge in [0.1, 0.15) is 5.69 Å². The monoisotopic (exact) mass is 296 g/mol. The van der Waals surface area contributed by atoms with Crippen molar-refractivity contribution >= 4 is 5.91 Å². The zero-order chi connectivity index (χ0) is 15.5. The summed E-state index contributed by atoms with van der Waals surface area (Å²) in [5, 5.41) is 3.76. The molecule has 0 fully saturated rings. The average Bonchev–Trinajstić information content (AvgIpc) is 2.89. The molecule has 0 saturated heterocycles. The van der Waals surface area contributed by atoms with E-state index in [1.54, 1.807) is 48.7 Å². The molecule has 22 heavy (non-hydrogen) atoms. The molecular formula is C15H12N4O3. The van der Waals surface area contributed by atoms with Gasteiger partial charge in [-0.15, -0.1) is 0 Å². The SMILES string of the molecule is NC(=O)c1cccc(Cn2c(-c3ccccn3)noc2=O)c1. The van der Waals surface area contributed by atoms with Crippen molar-refractivity contribution in [3.8, 4) is 11.5 Å². The van der Waals surface area contributed by atoms with Gasteiger partial charge in [0.15, 0.2) is 0 Å². The van der Waals surface area contributed by atoms with E-state index in [-0.39, 0.29) is 6.54 Å². The Morgan fingerprint density at radius 2 is 2.09 bits per heavy atom. The number of aromatic nitrogens is 3. The fraction of sp³-hybridized carbons (Fsp3) is 0.0667. The zero-order valence-electron chi connectivity index (χ0n) is 11.5. The summed E-state index contributed by atoms with van der Waals surface area (Å²) < 4.78 is 6.08. The maximum absolute atomic E-state index is 11.9. The van der Waals surface area contributed by atoms with E-state index in [1.165, 1.54) is 4.57 Å². The predicted molar refractivity (Wildman–Crippen MR) is 78.1 cm³/mol. The van der Waals surface area contributed by atoms with Crippen molar-refractivity contribution in [2.45, 2.75) is 6.54 Å². The van der Waals surface area contributed by atoms with Crippen LogP contribution in [0.4, 0.5) is 0 Å². The van der Waals surface area contributed by atoms with Crippen LogP contribution in [0.3, 0.4) is 0 Å². The highest BCUT2D eigenvalue weighted by Gasteiger charge is 2.14. The van der Waals surface area contributed by atoms with Crippen molar-refractivity contribution in [1.29, 1.82) is 0 Å². The number of primary amides is 1. The van der Waals surface area contributed by atoms with E-state index in [0.29, 0.717) is 17.1 Å². The topological polar surface area (TPSA) is 104 Å². The molecule has 0 unspecified atom stereocenters. The predicted octanol–water partition coefficient (Wildman–Crippen LogP) is 1.05. The lowest BCUT2D eigenvalue weighted by Gasteiger charge is -2.05. The number of rotatable bonds is 4. The van der Waals surface area contributed by atoms with E-state index in [4.69, 9.17) is 10.3 Å². The molecule has 0 aliphatic rings. The molecule has 1 aromatic carbocycles. The maximum Gasteiger partial charge on any atom is 0.442 e. The van der Waals surface area contributed by atoms with Gasteiger partial charge >= 0.3 is 5.76 Å². The first kappa shape index (κ1) is 13.7. The van der Waals surface area contributed by atoms with Crippen molar-refractivity contribution in [2.75, 3.05) is 0 Å². The van der Waals surface area contributed by atoms with Gasteiger partial charge in [-0.25, -0.2) is 4.79 Å². The first-order chi connectivity index (χ1) is 10.6. The lowest BCUT2D eigenvalue weighted by atomic mass is 10.1. The van der Waals surface area contributed by atoms with Gasteiger partial charge in [0.2, 0.25) is 11.7 Å². The Bertz CT molecular complexity index is 868. The average molecular weight is 296 g/mol. The highest BCUT2D eigenvalue weighted by atomic mass is 16.5. The third kappa shape index (κ3) is 2.64. The second-order valence-electron chi connectivity index (χ2n) is 4.64. The number of amides is 1. The Kier molecular flexibility index (Phi) is 3.53. The van der Waals surface area contributed by atoms with E-state index in [1.807, 2.05) is 0 Å². The number of pyridine rings is 1. The summed E-state index contributed by atoms with van der Waals surface area (Å²) in [5.41, 5.74) is 6.90. The zero-order valence-corrected chi connectivity index (χ0v) is 11.5. The smallest absolute Gasteiger partial charge is 0.366 e. The minimum absolute atomic E-state index is 0.204. The molecule has 3 aromatic rings. The molecule has 0 saturated carbocycles. The van der Waals surface area contributed by atoms with Gasteiger partial charge in [-0.05, 0) is 29.8 Å². The molecule has 0 atom stereocenters. The normalized spacial score (nSPS) is 10.5. The number of carbonyl (C=O) groups excluding carboxylic acids is 1. The highest BCUT2D eigenvalue weighted by Crippen LogP contribution is 2.14. The molecule has 2 heterocycles. The van der Waals surface area contributed by atoms with E-state index >= 15 is 0 Å². The lowest BCUT2D eigenvalue weighted by molar-refractivity contribution is 0.1000. The van der Waals surface area contributed by atoms with Gasteiger partial charge in [-0.1, -0.05) is 23.4 Å². The molecule has 7 nitrogen and oxygen atoms in total. The van der Waals surface area contributed by atoms with E-state index in [2.05, 4.69) is 10.1 Å². The van der Waals surface area contributed by atoms with Crippen molar-refractivity contribution < 1.29 is 9.32 Å². The number of hydrogen-bond donors (Lipinski definition) is 1. The van der Waals surface area contributed by atoms with E-state index in [0.717, 1.165) is 5.56 Å². The summed E-state index contributed by atoms with van der Waals surface area (Å²) in [4.78, 5) is 27.2. The van der Waals surface area contributed by atoms with Crippen molar-refractivity contribution in [1.82, 2.24) is 14.7 Å². The largest absolute Gasteiger partial charge is 0.442 e. The number of carbonyl (C=O) groups is 1. The summed E-state index contributed by atoms with van der Waals surface area (Å²) in [6.07, 6.45) is 1.60. The number of nitrogens with zero attached hydrogens (tertiary/aromatic N) is 3. The summed E-state index contributed by atoms with van der Waals surface area (Å²) >= 11 is 0. The Morgan fingerprint density at radius 3 is 2.82 bits per heavy atom. The van der Waals surface area contributed by atoms with Crippen LogP contribution in [0.2, 0.25) is 0 Å². The minimum Gasteiger partial charge on any atom is -0.366 e. The van der Waals surface area contributed by atoms with Crippen molar-refractivity contribution in [2.24, 2.45) is 5.73 Å². The molecular weight excluding hydrogens is 284 g/mol. The van der Waals surface area contributed by atoms with Crippen LogP contribution in [0.25, 0.3) is 11.5 Å². The quantitative estimate of drug-likeness (QED) is 0.774. The van der Waals surface area contributed by atoms with Crippen LogP contribution in [0.15, 0.2) is 58.0 Å². The molecule has 1 amide bonds. The van der Waals surface area contributed by atoms with Crippen LogP contribution in [0, 0.1) is 0 Å². The van der Waals surface area contributed by atoms with Gasteiger partial charge in [-0.2, -0.15) is 0 Å². The molecule has 0 aliphatic carbocycles. The summed E-state index contributed by atoms with van der Waals surface area (Å²) in [6.45, 7) is 0.204. The standard InChI is InChI=1S/C15H12N4O3/c16-13(20)11-5-3-4-10(8-11)9-19-14(18-22-15(19)21)12-6-1-2-7-17-12/h1-8H,9H2,(H2,16,20). The molecule has 0 radical (unpaired) electrons. The van der Waals surface area contributed by atoms with Gasteiger partial charge in [-0.3, -0.25) is 18.9 Å². The van der Waals surface area contributed by atoms with Gasteiger partial charge in [0, 0.05) is 11.8 Å². The fourth-order valence-electron chi connectivity index (χ4n) is 2.09. The third-order valence-electron chi connectivity index (χ3n) is 3.13. The van der Waals surface area contributed by atoms with Gasteiger partial charge in [0.25, 0.3) is 0 Å². The third-order valence-corrected chi connectivity index (χ3v) is 3.13. The first-order valence-electron chi connectivity index (χ1n) is 6.52. The Hall–Kier alpha value is -3.22. The van der Waals surface area contributed by atoms with E-state index < -0.39 is 11.7 Å². The Morgan fingerprint density at radius 1 is 1.23 bits per heavy atom. The van der Waals surface area contributed by atoms with E-state index in [9.17, 15) is 9.59 Å². The number of nitrogens with two attached hydrogens (primary N) is 1. The molecule has 3 rings (SSSR count). The summed E-state index contributed by atoms with van der Waals surface area (Å²) in [7, 11) is 0. The Balaban J connectivity index is 2.00. The molecule has 0 bridgehead atoms. The van der Waals surface area contributed by atoms with Crippen LogP contribution in [0.5, 0.6) is 0 Å². The molecule has 2 N–H and O–H groups in total. The summed E-state index contributed by atoms with van der Waals surface area (Å²) in [5.74, 6) is -0.787.